The minimum atomic E-state index is -0.0452. The van der Waals surface area contributed by atoms with E-state index in [9.17, 15) is 4.79 Å². The Bertz CT molecular complexity index is 768. The van der Waals surface area contributed by atoms with Gasteiger partial charge in [-0.2, -0.15) is 0 Å². The maximum atomic E-state index is 12.2. The molecule has 5 heteroatoms. The van der Waals surface area contributed by atoms with Crippen LogP contribution in [0.25, 0.3) is 0 Å². The van der Waals surface area contributed by atoms with E-state index in [2.05, 4.69) is 48.5 Å². The minimum absolute atomic E-state index is 0.00568. The van der Waals surface area contributed by atoms with Crippen LogP contribution in [-0.2, 0) is 17.8 Å². The molecule has 0 fully saturated rings. The fourth-order valence-electron chi connectivity index (χ4n) is 3.20. The number of aryl methyl sites for hydroxylation is 1. The quantitative estimate of drug-likeness (QED) is 0.750. The Morgan fingerprint density at radius 1 is 1.36 bits per heavy atom. The summed E-state index contributed by atoms with van der Waals surface area (Å²) < 4.78 is 0. The number of benzene rings is 1. The van der Waals surface area contributed by atoms with E-state index >= 15 is 0 Å². The monoisotopic (exact) mass is 376 g/mol. The van der Waals surface area contributed by atoms with Crippen molar-refractivity contribution >= 4 is 40.2 Å². The summed E-state index contributed by atoms with van der Waals surface area (Å²) in [5, 5.41) is 5.76. The van der Waals surface area contributed by atoms with Crippen LogP contribution in [0.5, 0.6) is 0 Å². The van der Waals surface area contributed by atoms with E-state index in [-0.39, 0.29) is 11.3 Å². The van der Waals surface area contributed by atoms with Gasteiger partial charge in [0.25, 0.3) is 0 Å². The standard InChI is InChI=1S/C20H25ClN2OS/c1-13-9-15(23-7-5-17-14(12-23)6-8-25-17)10-16(21)19(13)22-18(24)11-20(2,3)4/h6,8-10H,5,7,11-12H2,1-4H3,(H,22,24). The van der Waals surface area contributed by atoms with Crippen molar-refractivity contribution in [2.45, 2.75) is 47.1 Å². The lowest BCUT2D eigenvalue weighted by Crippen LogP contribution is -2.29. The molecule has 1 aromatic heterocycles. The fourth-order valence-corrected chi connectivity index (χ4v) is 4.40. The predicted molar refractivity (Wildman–Crippen MR) is 108 cm³/mol. The van der Waals surface area contributed by atoms with Crippen LogP contribution in [0, 0.1) is 12.3 Å². The lowest BCUT2D eigenvalue weighted by atomic mass is 9.92. The highest BCUT2D eigenvalue weighted by Gasteiger charge is 2.21. The van der Waals surface area contributed by atoms with Crippen LogP contribution in [-0.4, -0.2) is 12.5 Å². The predicted octanol–water partition coefficient (Wildman–Crippen LogP) is 5.65. The average Bonchev–Trinajstić information content (AvgIpc) is 2.96. The van der Waals surface area contributed by atoms with Crippen molar-refractivity contribution in [3.63, 3.8) is 0 Å². The van der Waals surface area contributed by atoms with E-state index in [0.29, 0.717) is 11.4 Å². The Balaban J connectivity index is 1.78. The molecule has 134 valence electrons. The van der Waals surface area contributed by atoms with Crippen LogP contribution >= 0.6 is 22.9 Å². The molecule has 1 aromatic carbocycles. The summed E-state index contributed by atoms with van der Waals surface area (Å²) in [6, 6.07) is 6.30. The van der Waals surface area contributed by atoms with Crippen molar-refractivity contribution in [2.24, 2.45) is 5.41 Å². The normalized spacial score (nSPS) is 14.4. The van der Waals surface area contributed by atoms with Gasteiger partial charge in [-0.3, -0.25) is 4.79 Å². The Kier molecular flexibility index (Phi) is 5.12. The first-order valence-electron chi connectivity index (χ1n) is 8.63. The van der Waals surface area contributed by atoms with Crippen molar-refractivity contribution in [1.29, 1.82) is 0 Å². The molecule has 0 bridgehead atoms. The van der Waals surface area contributed by atoms with E-state index in [1.165, 1.54) is 10.4 Å². The van der Waals surface area contributed by atoms with Crippen LogP contribution in [0.1, 0.15) is 43.2 Å². The average molecular weight is 377 g/mol. The second kappa shape index (κ2) is 7.00. The number of thiophene rings is 1. The lowest BCUT2D eigenvalue weighted by Gasteiger charge is -2.30. The molecule has 0 aliphatic carbocycles. The third kappa shape index (κ3) is 4.36. The second-order valence-electron chi connectivity index (χ2n) is 7.95. The summed E-state index contributed by atoms with van der Waals surface area (Å²) in [6.45, 7) is 10.1. The maximum Gasteiger partial charge on any atom is 0.224 e. The van der Waals surface area contributed by atoms with Gasteiger partial charge in [-0.25, -0.2) is 0 Å². The summed E-state index contributed by atoms with van der Waals surface area (Å²) in [5.74, 6) is 0.00568. The first-order chi connectivity index (χ1) is 11.7. The molecule has 3 nitrogen and oxygen atoms in total. The molecule has 1 aliphatic rings. The van der Waals surface area contributed by atoms with Crippen molar-refractivity contribution < 1.29 is 4.79 Å². The summed E-state index contributed by atoms with van der Waals surface area (Å²) >= 11 is 8.35. The van der Waals surface area contributed by atoms with Crippen molar-refractivity contribution in [3.05, 3.63) is 44.6 Å². The number of carbonyl (C=O) groups is 1. The minimum Gasteiger partial charge on any atom is -0.367 e. The highest BCUT2D eigenvalue weighted by molar-refractivity contribution is 7.10. The van der Waals surface area contributed by atoms with Crippen LogP contribution in [0.3, 0.4) is 0 Å². The van der Waals surface area contributed by atoms with Gasteiger partial charge in [-0.05, 0) is 53.5 Å². The van der Waals surface area contributed by atoms with E-state index in [1.807, 2.05) is 24.3 Å². The molecule has 1 N–H and O–H groups in total. The van der Waals surface area contributed by atoms with Gasteiger partial charge in [-0.15, -0.1) is 11.3 Å². The van der Waals surface area contributed by atoms with Gasteiger partial charge < -0.3 is 10.2 Å². The number of anilines is 2. The van der Waals surface area contributed by atoms with E-state index in [1.54, 1.807) is 0 Å². The summed E-state index contributed by atoms with van der Waals surface area (Å²) in [4.78, 5) is 16.1. The van der Waals surface area contributed by atoms with Crippen LogP contribution in [0.2, 0.25) is 5.02 Å². The fraction of sp³-hybridized carbons (Fsp3) is 0.450. The number of rotatable bonds is 3. The van der Waals surface area contributed by atoms with E-state index in [4.69, 9.17) is 11.6 Å². The second-order valence-corrected chi connectivity index (χ2v) is 9.35. The van der Waals surface area contributed by atoms with Gasteiger partial charge in [0.15, 0.2) is 0 Å². The molecular weight excluding hydrogens is 352 g/mol. The van der Waals surface area contributed by atoms with Gasteiger partial charge >= 0.3 is 0 Å². The van der Waals surface area contributed by atoms with Crippen molar-refractivity contribution in [2.75, 3.05) is 16.8 Å². The smallest absolute Gasteiger partial charge is 0.224 e. The molecule has 0 unspecified atom stereocenters. The molecule has 0 atom stereocenters. The molecule has 0 spiro atoms. The molecule has 2 heterocycles. The first kappa shape index (κ1) is 18.3. The molecule has 0 saturated heterocycles. The summed E-state index contributed by atoms with van der Waals surface area (Å²) in [5.41, 5.74) is 4.21. The van der Waals surface area contributed by atoms with Gasteiger partial charge in [0.05, 0.1) is 10.7 Å². The van der Waals surface area contributed by atoms with Gasteiger partial charge in [-0.1, -0.05) is 32.4 Å². The molecule has 1 amide bonds. The largest absolute Gasteiger partial charge is 0.367 e. The van der Waals surface area contributed by atoms with Gasteiger partial charge in [0, 0.05) is 30.1 Å². The zero-order valence-electron chi connectivity index (χ0n) is 15.3. The van der Waals surface area contributed by atoms with Gasteiger partial charge in [0.1, 0.15) is 0 Å². The zero-order chi connectivity index (χ0) is 18.2. The Morgan fingerprint density at radius 3 is 2.80 bits per heavy atom. The number of fused-ring (bicyclic) bond motifs is 1. The zero-order valence-corrected chi connectivity index (χ0v) is 16.9. The van der Waals surface area contributed by atoms with Crippen LogP contribution in [0.4, 0.5) is 11.4 Å². The van der Waals surface area contributed by atoms with Crippen LogP contribution < -0.4 is 10.2 Å². The number of hydrogen-bond acceptors (Lipinski definition) is 3. The molecular formula is C20H25ClN2OS. The van der Waals surface area contributed by atoms with Gasteiger partial charge in [0.2, 0.25) is 5.91 Å². The lowest BCUT2D eigenvalue weighted by molar-refractivity contribution is -0.117. The van der Waals surface area contributed by atoms with Crippen molar-refractivity contribution in [1.82, 2.24) is 0 Å². The Labute approximate surface area is 159 Å². The highest BCUT2D eigenvalue weighted by atomic mass is 35.5. The number of nitrogens with zero attached hydrogens (tertiary/aromatic N) is 1. The van der Waals surface area contributed by atoms with E-state index in [0.717, 1.165) is 36.4 Å². The van der Waals surface area contributed by atoms with Crippen LogP contribution in [0.15, 0.2) is 23.6 Å². The number of carbonyl (C=O) groups excluding carboxylic acids is 1. The van der Waals surface area contributed by atoms with E-state index < -0.39 is 0 Å². The topological polar surface area (TPSA) is 32.3 Å². The number of halogens is 1. The third-order valence-corrected chi connectivity index (χ3v) is 5.72. The first-order valence-corrected chi connectivity index (χ1v) is 9.89. The summed E-state index contributed by atoms with van der Waals surface area (Å²) in [6.07, 6.45) is 1.55. The molecule has 0 saturated carbocycles. The number of nitrogens with one attached hydrogen (secondary N) is 1. The summed E-state index contributed by atoms with van der Waals surface area (Å²) in [7, 11) is 0. The molecule has 1 aliphatic heterocycles. The third-order valence-electron chi connectivity index (χ3n) is 4.40. The number of hydrogen-bond donors (Lipinski definition) is 1. The number of amides is 1. The molecule has 0 radical (unpaired) electrons. The molecule has 25 heavy (non-hydrogen) atoms. The maximum absolute atomic E-state index is 12.2. The highest BCUT2D eigenvalue weighted by Crippen LogP contribution is 2.35. The Morgan fingerprint density at radius 2 is 2.12 bits per heavy atom. The Hall–Kier alpha value is -1.52. The van der Waals surface area contributed by atoms with Crippen molar-refractivity contribution in [3.8, 4) is 0 Å². The molecule has 3 rings (SSSR count). The molecule has 2 aromatic rings. The SMILES string of the molecule is Cc1cc(N2CCc3sccc3C2)cc(Cl)c1NC(=O)CC(C)(C)C.